The molecule has 0 saturated carbocycles. The monoisotopic (exact) mass is 440 g/mol. The van der Waals surface area contributed by atoms with Crippen LogP contribution < -0.4 is 5.73 Å². The SMILES string of the molecule is [2H][C@@H](O/N=C(\C(=O)C[C@@H]1C(=O)N(OS(=O)(=O)O)[C@]1(C)C([2H])([2H])[2H])c1csc(N)n1)C(=O)O. The van der Waals surface area contributed by atoms with Crippen LogP contribution in [-0.2, 0) is 33.9 Å². The van der Waals surface area contributed by atoms with Crippen molar-refractivity contribution < 1.29 is 47.1 Å². The Labute approximate surface area is 168 Å². The van der Waals surface area contributed by atoms with Gasteiger partial charge in [0.25, 0.3) is 5.91 Å². The number of anilines is 1. The average Bonchev–Trinajstić information content (AvgIpc) is 3.07. The molecule has 2 heterocycles. The van der Waals surface area contributed by atoms with Crippen LogP contribution in [0.1, 0.15) is 31.4 Å². The Balaban J connectivity index is 2.38. The van der Waals surface area contributed by atoms with Gasteiger partial charge in [0.05, 0.1) is 12.8 Å². The molecule has 0 radical (unpaired) electrons. The zero-order valence-corrected chi connectivity index (χ0v) is 15.6. The molecular weight excluding hydrogens is 420 g/mol. The fourth-order valence-electron chi connectivity index (χ4n) is 2.22. The molecule has 0 bridgehead atoms. The number of hydrogen-bond donors (Lipinski definition) is 3. The van der Waals surface area contributed by atoms with E-state index in [2.05, 4.69) is 19.3 Å². The number of thiazole rings is 1. The Morgan fingerprint density at radius 2 is 2.29 bits per heavy atom. The molecule has 1 aromatic rings. The number of hydrogen-bond acceptors (Lipinski definition) is 11. The molecule has 1 aliphatic rings. The van der Waals surface area contributed by atoms with E-state index in [4.69, 9.17) is 20.9 Å². The Hall–Kier alpha value is -2.62. The van der Waals surface area contributed by atoms with Crippen LogP contribution in [0.15, 0.2) is 10.5 Å². The van der Waals surface area contributed by atoms with Crippen molar-refractivity contribution in [2.24, 2.45) is 11.1 Å². The van der Waals surface area contributed by atoms with Gasteiger partial charge in [-0.15, -0.1) is 15.6 Å². The molecule has 1 aliphatic heterocycles. The molecule has 0 unspecified atom stereocenters. The topological polar surface area (TPSA) is 199 Å². The van der Waals surface area contributed by atoms with Crippen LogP contribution in [0.5, 0.6) is 0 Å². The Bertz CT molecular complexity index is 1070. The van der Waals surface area contributed by atoms with Gasteiger partial charge in [-0.2, -0.15) is 13.5 Å². The third-order valence-corrected chi connectivity index (χ3v) is 4.49. The number of Topliss-reactive ketones (excluding diaryl/α,β-unsaturated/α-hetero) is 1. The van der Waals surface area contributed by atoms with Gasteiger partial charge < -0.3 is 15.7 Å². The minimum absolute atomic E-state index is 0.0130. The molecular formula is C13H16N4O9S2. The number of carboxylic acid groups (broad SMARTS) is 1. The molecule has 1 aromatic heterocycles. The van der Waals surface area contributed by atoms with Gasteiger partial charge in [-0.3, -0.25) is 14.1 Å². The van der Waals surface area contributed by atoms with E-state index in [0.717, 1.165) is 18.3 Å². The summed E-state index contributed by atoms with van der Waals surface area (Å²) in [7, 11) is -5.26. The number of aromatic nitrogens is 1. The molecule has 0 aromatic carbocycles. The van der Waals surface area contributed by atoms with Gasteiger partial charge in [0.15, 0.2) is 16.6 Å². The lowest BCUT2D eigenvalue weighted by atomic mass is 9.74. The zero-order valence-electron chi connectivity index (χ0n) is 17.9. The van der Waals surface area contributed by atoms with Crippen molar-refractivity contribution in [2.75, 3.05) is 12.3 Å². The highest BCUT2D eigenvalue weighted by Gasteiger charge is 2.57. The van der Waals surface area contributed by atoms with E-state index in [9.17, 15) is 22.8 Å². The maximum atomic E-state index is 12.8. The number of nitrogens with zero attached hydrogens (tertiary/aromatic N) is 3. The number of hydroxylamine groups is 2. The highest BCUT2D eigenvalue weighted by Crippen LogP contribution is 2.40. The first-order chi connectivity index (χ1) is 14.5. The third-order valence-electron chi connectivity index (χ3n) is 3.48. The maximum Gasteiger partial charge on any atom is 0.418 e. The molecule has 1 amide bonds. The molecule has 13 nitrogen and oxygen atoms in total. The van der Waals surface area contributed by atoms with Crippen LogP contribution in [0.25, 0.3) is 0 Å². The van der Waals surface area contributed by atoms with E-state index in [1.807, 2.05) is 0 Å². The molecule has 2 rings (SSSR count). The summed E-state index contributed by atoms with van der Waals surface area (Å²) in [5, 5.41) is 13.2. The Morgan fingerprint density at radius 3 is 2.79 bits per heavy atom. The van der Waals surface area contributed by atoms with Crippen LogP contribution in [0.3, 0.4) is 0 Å². The molecule has 3 atom stereocenters. The number of rotatable bonds is 9. The Morgan fingerprint density at radius 1 is 1.61 bits per heavy atom. The van der Waals surface area contributed by atoms with Gasteiger partial charge >= 0.3 is 16.4 Å². The lowest BCUT2D eigenvalue weighted by Crippen LogP contribution is -2.68. The molecule has 1 fully saturated rings. The first kappa shape index (κ1) is 16.3. The molecule has 1 saturated heterocycles. The molecule has 0 spiro atoms. The second-order valence-electron chi connectivity index (χ2n) is 5.53. The van der Waals surface area contributed by atoms with Crippen molar-refractivity contribution in [1.29, 1.82) is 0 Å². The van der Waals surface area contributed by atoms with Crippen LogP contribution in [0.4, 0.5) is 5.13 Å². The second kappa shape index (κ2) is 7.78. The van der Waals surface area contributed by atoms with Gasteiger partial charge in [-0.05, 0) is 13.8 Å². The molecule has 28 heavy (non-hydrogen) atoms. The lowest BCUT2D eigenvalue weighted by molar-refractivity contribution is -0.228. The van der Waals surface area contributed by atoms with E-state index in [1.54, 1.807) is 0 Å². The summed E-state index contributed by atoms with van der Waals surface area (Å²) in [6, 6.07) is 0. The van der Waals surface area contributed by atoms with Crippen molar-refractivity contribution in [1.82, 2.24) is 10.0 Å². The molecule has 0 aliphatic carbocycles. The number of carboxylic acids is 1. The van der Waals surface area contributed by atoms with Crippen molar-refractivity contribution in [3.63, 3.8) is 0 Å². The van der Waals surface area contributed by atoms with Gasteiger partial charge in [0, 0.05) is 15.9 Å². The fraction of sp³-hybridized carbons (Fsp3) is 0.462. The lowest BCUT2D eigenvalue weighted by Gasteiger charge is -2.50. The van der Waals surface area contributed by atoms with Crippen molar-refractivity contribution in [3.05, 3.63) is 11.1 Å². The predicted octanol–water partition coefficient (Wildman–Crippen LogP) is -0.539. The van der Waals surface area contributed by atoms with Gasteiger partial charge in [0.2, 0.25) is 6.58 Å². The van der Waals surface area contributed by atoms with Crippen molar-refractivity contribution in [3.8, 4) is 0 Å². The molecule has 4 N–H and O–H groups in total. The van der Waals surface area contributed by atoms with Gasteiger partial charge in [-0.25, -0.2) is 9.78 Å². The minimum atomic E-state index is -5.26. The van der Waals surface area contributed by atoms with Crippen LogP contribution >= 0.6 is 11.3 Å². The van der Waals surface area contributed by atoms with E-state index < -0.39 is 65.1 Å². The predicted molar refractivity (Wildman–Crippen MR) is 93.3 cm³/mol. The first-order valence-corrected chi connectivity index (χ1v) is 9.38. The number of β-lactam (4-membered cyclic amide) rings is 1. The quantitative estimate of drug-likeness (QED) is 0.193. The van der Waals surface area contributed by atoms with E-state index in [0.29, 0.717) is 0 Å². The molecule has 15 heteroatoms. The zero-order chi connectivity index (χ0) is 24.6. The number of carbonyl (C=O) groups excluding carboxylic acids is 2. The standard InChI is InChI=1S/C13H16N4O9S2/c1-13(2)6(11(21)17(13)26-28(22,23)24)3-8(18)10(16-25-4-9(19)20)7-5-27-12(14)15-7/h5-6H,3-4H2,1-2H3,(H2,14,15)(H,19,20)(H,22,23,24)/b16-10-/t6-/m1/s1/i1D3,4D/t4-,6-,13+. The number of oxime groups is 1. The van der Waals surface area contributed by atoms with E-state index in [1.165, 1.54) is 5.38 Å². The van der Waals surface area contributed by atoms with E-state index in [-0.39, 0.29) is 15.9 Å². The summed E-state index contributed by atoms with van der Waals surface area (Å²) in [5.74, 6) is -5.66. The van der Waals surface area contributed by atoms with Crippen molar-refractivity contribution >= 4 is 50.2 Å². The smallest absolute Gasteiger partial charge is 0.418 e. The fourth-order valence-corrected chi connectivity index (χ4v) is 3.19. The number of aliphatic carboxylic acids is 1. The van der Waals surface area contributed by atoms with Gasteiger partial charge in [0.1, 0.15) is 5.69 Å². The summed E-state index contributed by atoms with van der Waals surface area (Å²) < 4.78 is 65.0. The largest absolute Gasteiger partial charge is 0.479 e. The Kier molecular flexibility index (Phi) is 4.54. The number of nitrogens with two attached hydrogens (primary N) is 1. The number of carbonyl (C=O) groups is 3. The molecule has 154 valence electrons. The summed E-state index contributed by atoms with van der Waals surface area (Å²) in [6.45, 7) is -4.35. The highest BCUT2D eigenvalue weighted by molar-refractivity contribution is 7.80. The summed E-state index contributed by atoms with van der Waals surface area (Å²) in [5.41, 5.74) is 2.31. The van der Waals surface area contributed by atoms with Crippen LogP contribution in [0, 0.1) is 5.92 Å². The third kappa shape index (κ3) is 4.80. The second-order valence-corrected chi connectivity index (χ2v) is 7.43. The van der Waals surface area contributed by atoms with Gasteiger partial charge in [-0.1, -0.05) is 5.16 Å². The van der Waals surface area contributed by atoms with Crippen molar-refractivity contribution in [2.45, 2.75) is 25.7 Å². The number of amides is 1. The summed E-state index contributed by atoms with van der Waals surface area (Å²) in [6.07, 6.45) is -0.867. The number of nitrogen functional groups attached to an aromatic ring is 1. The maximum absolute atomic E-state index is 12.8. The average molecular weight is 440 g/mol. The summed E-state index contributed by atoms with van der Waals surface area (Å²) in [4.78, 5) is 44.2. The highest BCUT2D eigenvalue weighted by atomic mass is 32.3. The number of ketones is 1. The van der Waals surface area contributed by atoms with E-state index >= 15 is 0 Å². The van der Waals surface area contributed by atoms with Crippen LogP contribution in [-0.4, -0.2) is 63.6 Å². The first-order valence-electron chi connectivity index (χ1n) is 9.21. The normalized spacial score (nSPS) is 26.4. The summed E-state index contributed by atoms with van der Waals surface area (Å²) >= 11 is 0.876. The minimum Gasteiger partial charge on any atom is -0.479 e. The van der Waals surface area contributed by atoms with Crippen LogP contribution in [0.2, 0.25) is 0 Å².